The molecule has 6 N–H and O–H groups in total. The third kappa shape index (κ3) is 11.3. The lowest BCUT2D eigenvalue weighted by Gasteiger charge is -2.31. The molecular weight excluding hydrogens is 980 g/mol. The minimum atomic E-state index is -2.08. The number of fused-ring (bicyclic) bond motifs is 5. The molecule has 8 rings (SSSR count). The molecule has 22 nitrogen and oxygen atoms in total. The molecule has 2 aromatic carbocycles. The van der Waals surface area contributed by atoms with Gasteiger partial charge in [-0.1, -0.05) is 43.7 Å². The zero-order valence-electron chi connectivity index (χ0n) is 41.1. The first kappa shape index (κ1) is 53.1. The number of halogens is 1. The second-order valence-electron chi connectivity index (χ2n) is 18.7. The minimum absolute atomic E-state index is 0.00118. The summed E-state index contributed by atoms with van der Waals surface area (Å²) in [4.78, 5) is 135. The molecule has 1 aliphatic carbocycles. The van der Waals surface area contributed by atoms with E-state index in [-0.39, 0.29) is 67.4 Å². The van der Waals surface area contributed by atoms with Crippen molar-refractivity contribution in [1.82, 2.24) is 40.6 Å². The van der Waals surface area contributed by atoms with Gasteiger partial charge in [-0.3, -0.25) is 48.1 Å². The molecule has 394 valence electrons. The number of esters is 1. The van der Waals surface area contributed by atoms with Gasteiger partial charge in [0.05, 0.1) is 48.1 Å². The Morgan fingerprint density at radius 3 is 2.37 bits per heavy atom. The highest BCUT2D eigenvalue weighted by molar-refractivity contribution is 6.12. The molecule has 3 aliphatic heterocycles. The van der Waals surface area contributed by atoms with Crippen LogP contribution in [0.2, 0.25) is 0 Å². The topological polar surface area (TPSA) is 302 Å². The number of unbranched alkanes of at least 4 members (excludes halogenated alkanes) is 2. The van der Waals surface area contributed by atoms with Gasteiger partial charge in [0.25, 0.3) is 17.4 Å². The number of aryl methyl sites for hydroxylation is 1. The summed E-state index contributed by atoms with van der Waals surface area (Å²) in [6, 6.07) is 9.23. The van der Waals surface area contributed by atoms with Crippen molar-refractivity contribution in [3.05, 3.63) is 110 Å². The van der Waals surface area contributed by atoms with Crippen LogP contribution in [0.3, 0.4) is 0 Å². The summed E-state index contributed by atoms with van der Waals surface area (Å²) in [7, 11) is 0. The normalized spacial score (nSPS) is 17.4. The maximum Gasteiger partial charge on any atom is 0.343 e. The van der Waals surface area contributed by atoms with Crippen molar-refractivity contribution >= 4 is 64.2 Å². The molecule has 0 bridgehead atoms. The first-order valence-electron chi connectivity index (χ1n) is 24.5. The predicted octanol–water partition coefficient (Wildman–Crippen LogP) is 0.963. The summed E-state index contributed by atoms with van der Waals surface area (Å²) < 4.78 is 27.8. The summed E-state index contributed by atoms with van der Waals surface area (Å²) in [6.45, 7) is -0.208. The Labute approximate surface area is 427 Å². The maximum atomic E-state index is 15.5. The lowest BCUT2D eigenvalue weighted by Crippen LogP contribution is -2.53. The quantitative estimate of drug-likeness (QED) is 0.0244. The second kappa shape index (κ2) is 22.5. The van der Waals surface area contributed by atoms with Crippen molar-refractivity contribution < 1.29 is 67.2 Å². The average molecular weight is 1040 g/mol. The smallest absolute Gasteiger partial charge is 0.343 e. The number of cyclic esters (lactones) is 1. The van der Waals surface area contributed by atoms with E-state index in [2.05, 4.69) is 21.3 Å². The number of amides is 7. The number of aliphatic carboxylic acids is 1. The van der Waals surface area contributed by atoms with E-state index >= 15 is 4.39 Å². The van der Waals surface area contributed by atoms with E-state index in [0.717, 1.165) is 9.80 Å². The number of carbonyl (C=O) groups is 9. The Morgan fingerprint density at radius 1 is 0.933 bits per heavy atom. The third-order valence-electron chi connectivity index (χ3n) is 13.8. The summed E-state index contributed by atoms with van der Waals surface area (Å²) in [5, 5.41) is 32.2. The zero-order chi connectivity index (χ0) is 53.7. The number of carboxylic acids is 1. The minimum Gasteiger partial charge on any atom is -0.480 e. The van der Waals surface area contributed by atoms with Gasteiger partial charge < -0.3 is 50.4 Å². The molecule has 0 spiro atoms. The summed E-state index contributed by atoms with van der Waals surface area (Å²) >= 11 is 0. The van der Waals surface area contributed by atoms with Crippen LogP contribution in [0.25, 0.3) is 22.3 Å². The van der Waals surface area contributed by atoms with Crippen LogP contribution in [-0.2, 0) is 84.2 Å². The molecule has 7 amide bonds. The maximum absolute atomic E-state index is 15.5. The molecule has 4 aromatic rings. The Balaban J connectivity index is 0.901. The number of benzene rings is 2. The number of nitrogens with zero attached hydrogens (tertiary/aromatic N) is 4. The fraction of sp³-hybridized carbons (Fsp3) is 0.404. The van der Waals surface area contributed by atoms with Gasteiger partial charge in [-0.25, -0.2) is 14.2 Å². The van der Waals surface area contributed by atoms with E-state index in [9.17, 15) is 58.2 Å². The molecule has 75 heavy (non-hydrogen) atoms. The number of hydrogen-bond acceptors (Lipinski definition) is 14. The molecule has 23 heteroatoms. The van der Waals surface area contributed by atoms with Gasteiger partial charge in [0, 0.05) is 54.1 Å². The SMILES string of the molecule is CC[C@@]1(O)C(=O)OCc2c1cc1n(c2=O)Cc2c-1nc1cc(F)c(C)c3c1c2[C@@H](NC(=O)COCN(CC(=O)O)C(=O)[C@H](Cc1ccccc1)NC(=O)CNC(=O)CNC(=O)CCCCCN1C(=O)C=CC1=O)CC3. The summed E-state index contributed by atoms with van der Waals surface area (Å²) in [5.41, 5.74) is 1.30. The van der Waals surface area contributed by atoms with Crippen LogP contribution in [0.1, 0.15) is 90.4 Å². The number of aliphatic hydroxyl groups is 1. The lowest BCUT2D eigenvalue weighted by molar-refractivity contribution is -0.172. The predicted molar refractivity (Wildman–Crippen MR) is 261 cm³/mol. The van der Waals surface area contributed by atoms with E-state index in [1.807, 2.05) is 0 Å². The first-order chi connectivity index (χ1) is 35.9. The van der Waals surface area contributed by atoms with E-state index in [1.165, 1.54) is 28.9 Å². The average Bonchev–Trinajstić information content (AvgIpc) is 3.92. The van der Waals surface area contributed by atoms with E-state index in [4.69, 9.17) is 14.5 Å². The highest BCUT2D eigenvalue weighted by Gasteiger charge is 2.46. The fourth-order valence-electron chi connectivity index (χ4n) is 9.94. The number of imide groups is 1. The Morgan fingerprint density at radius 2 is 1.65 bits per heavy atom. The van der Waals surface area contributed by atoms with Crippen LogP contribution < -0.4 is 26.8 Å². The Hall–Kier alpha value is -8.18. The Kier molecular flexibility index (Phi) is 15.9. The molecule has 0 saturated carbocycles. The van der Waals surface area contributed by atoms with Gasteiger partial charge in [0.1, 0.15) is 38.3 Å². The van der Waals surface area contributed by atoms with Crippen LogP contribution in [0.4, 0.5) is 4.39 Å². The Bertz CT molecular complexity index is 3110. The highest BCUT2D eigenvalue weighted by Crippen LogP contribution is 2.46. The monoisotopic (exact) mass is 1030 g/mol. The van der Waals surface area contributed by atoms with E-state index in [0.29, 0.717) is 76.7 Å². The van der Waals surface area contributed by atoms with Crippen molar-refractivity contribution in [2.24, 2.45) is 0 Å². The van der Waals surface area contributed by atoms with Crippen LogP contribution in [-0.4, -0.2) is 128 Å². The van der Waals surface area contributed by atoms with Crippen LogP contribution in [0, 0.1) is 12.7 Å². The van der Waals surface area contributed by atoms with E-state index < -0.39 is 104 Å². The van der Waals surface area contributed by atoms with Crippen molar-refractivity contribution in [3.63, 3.8) is 0 Å². The number of pyridine rings is 2. The zero-order valence-corrected chi connectivity index (χ0v) is 41.1. The second-order valence-corrected chi connectivity index (χ2v) is 18.7. The van der Waals surface area contributed by atoms with Gasteiger partial charge >= 0.3 is 11.9 Å². The molecule has 0 unspecified atom stereocenters. The molecule has 2 aromatic heterocycles. The van der Waals surface area contributed by atoms with Crippen molar-refractivity contribution in [2.75, 3.05) is 39.5 Å². The molecule has 0 fully saturated rings. The molecule has 0 radical (unpaired) electrons. The number of carboxylic acid groups (broad SMARTS) is 1. The molecule has 3 atom stereocenters. The largest absolute Gasteiger partial charge is 0.480 e. The number of nitrogens with one attached hydrogen (secondary N) is 4. The highest BCUT2D eigenvalue weighted by atomic mass is 19.1. The van der Waals surface area contributed by atoms with Crippen molar-refractivity contribution in [2.45, 2.75) is 96.1 Å². The summed E-state index contributed by atoms with van der Waals surface area (Å²) in [6.07, 6.45) is 4.40. The standard InChI is InChI=1S/C52H55FN8O14/c1-3-52(73)33-19-38-48-31(23-61(38)49(70)32(33)25-75-51(52)72)47-35(14-13-30-28(2)34(53)20-36(58-48)46(30)47)56-42(65)26-74-27-59(24-45(68)69)50(71)37(18-29-10-6-4-7-11-29)57-41(64)22-55-40(63)21-54-39(62)12-8-5-9-17-60-43(66)15-16-44(60)67/h4,6-7,10-11,15-16,19-20,35,37,73H,3,5,8-9,12-14,17-18,21-27H2,1-2H3,(H,54,62)(H,55,63)(H,56,65)(H,57,64)(H,68,69)/t35-,37-,52-/m0/s1. The van der Waals surface area contributed by atoms with Crippen LogP contribution >= 0.6 is 0 Å². The van der Waals surface area contributed by atoms with E-state index in [1.54, 1.807) is 44.2 Å². The third-order valence-corrected chi connectivity index (χ3v) is 13.8. The van der Waals surface area contributed by atoms with Crippen LogP contribution in [0.5, 0.6) is 0 Å². The van der Waals surface area contributed by atoms with Crippen LogP contribution in [0.15, 0.2) is 59.4 Å². The molecule has 5 heterocycles. The molecular formula is C52H55FN8O14. The molecule has 4 aliphatic rings. The van der Waals surface area contributed by atoms with Gasteiger partial charge in [-0.2, -0.15) is 0 Å². The fourth-order valence-corrected chi connectivity index (χ4v) is 9.94. The van der Waals surface area contributed by atoms with Gasteiger partial charge in [-0.15, -0.1) is 0 Å². The first-order valence-corrected chi connectivity index (χ1v) is 24.5. The van der Waals surface area contributed by atoms with Gasteiger partial charge in [0.15, 0.2) is 5.60 Å². The van der Waals surface area contributed by atoms with Gasteiger partial charge in [-0.05, 0) is 67.3 Å². The van der Waals surface area contributed by atoms with Gasteiger partial charge in [0.2, 0.25) is 29.5 Å². The number of rotatable bonds is 22. The summed E-state index contributed by atoms with van der Waals surface area (Å²) in [5.74, 6) is -7.09. The molecule has 0 saturated heterocycles. The number of carbonyl (C=O) groups excluding carboxylic acids is 8. The van der Waals surface area contributed by atoms with Crippen molar-refractivity contribution in [3.8, 4) is 11.4 Å². The number of ether oxygens (including phenoxy) is 2. The lowest BCUT2D eigenvalue weighted by atomic mass is 9.81. The number of hydrogen-bond donors (Lipinski definition) is 6. The number of aromatic nitrogens is 2. The van der Waals surface area contributed by atoms with Crippen molar-refractivity contribution in [1.29, 1.82) is 0 Å².